The van der Waals surface area contributed by atoms with Crippen LogP contribution in [0, 0.1) is 0 Å². The molecule has 5 nitrogen and oxygen atoms in total. The Morgan fingerprint density at radius 1 is 1.50 bits per heavy atom. The lowest BCUT2D eigenvalue weighted by Crippen LogP contribution is -2.11. The van der Waals surface area contributed by atoms with E-state index in [1.54, 1.807) is 19.2 Å². The minimum atomic E-state index is -3.80. The summed E-state index contributed by atoms with van der Waals surface area (Å²) >= 11 is 11.3. The summed E-state index contributed by atoms with van der Waals surface area (Å²) in [6, 6.07) is 0. The first-order valence-electron chi connectivity index (χ1n) is 4.84. The number of nitrogens with zero attached hydrogens (tertiary/aromatic N) is 1. The van der Waals surface area contributed by atoms with Crippen LogP contribution in [0.5, 0.6) is 0 Å². The van der Waals surface area contributed by atoms with E-state index < -0.39 is 10.1 Å². The van der Waals surface area contributed by atoms with E-state index in [1.165, 1.54) is 3.71 Å². The predicted octanol–water partition coefficient (Wildman–Crippen LogP) is 1.84. The van der Waals surface area contributed by atoms with Crippen LogP contribution < -0.4 is 5.73 Å². The van der Waals surface area contributed by atoms with Gasteiger partial charge in [-0.05, 0) is 6.92 Å². The Bertz CT molecular complexity index is 303. The molecule has 9 heteroatoms. The molecule has 0 radical (unpaired) electrons. The largest absolute Gasteiger partial charge is 0.327 e. The second-order valence-corrected chi connectivity index (χ2v) is 6.48. The van der Waals surface area contributed by atoms with Crippen molar-refractivity contribution in [3.63, 3.8) is 0 Å². The Morgan fingerprint density at radius 3 is 1.89 bits per heavy atom. The summed E-state index contributed by atoms with van der Waals surface area (Å²) in [5.41, 5.74) is 4.91. The highest BCUT2D eigenvalue weighted by Crippen LogP contribution is 1.96. The van der Waals surface area contributed by atoms with Crippen molar-refractivity contribution in [1.29, 1.82) is 0 Å². The van der Waals surface area contributed by atoms with Crippen LogP contribution in [0.1, 0.15) is 13.8 Å². The van der Waals surface area contributed by atoms with E-state index in [2.05, 4.69) is 44.8 Å². The van der Waals surface area contributed by atoms with Gasteiger partial charge in [-0.15, -0.1) is 6.58 Å². The van der Waals surface area contributed by atoms with Gasteiger partial charge in [0.1, 0.15) is 0 Å². The fourth-order valence-electron chi connectivity index (χ4n) is 0.438. The summed E-state index contributed by atoms with van der Waals surface area (Å²) in [4.78, 5) is 0. The Kier molecular flexibility index (Phi) is 19.8. The van der Waals surface area contributed by atoms with Gasteiger partial charge < -0.3 is 5.73 Å². The molecular formula is C9H22N2O3S4. The molecule has 0 aromatic rings. The van der Waals surface area contributed by atoms with Crippen LogP contribution >= 0.6 is 38.3 Å². The summed E-state index contributed by atoms with van der Waals surface area (Å²) < 4.78 is 29.4. The molecule has 0 fully saturated rings. The number of hydrogen-bond donors (Lipinski definition) is 5. The maximum absolute atomic E-state index is 9.95. The van der Waals surface area contributed by atoms with E-state index in [-0.39, 0.29) is 11.0 Å². The van der Waals surface area contributed by atoms with Crippen LogP contribution in [0.4, 0.5) is 0 Å². The fraction of sp³-hybridized carbons (Fsp3) is 0.556. The fourth-order valence-corrected chi connectivity index (χ4v) is 1.88. The molecule has 1 atom stereocenters. The second kappa shape index (κ2) is 15.3. The van der Waals surface area contributed by atoms with Crippen molar-refractivity contribution in [1.82, 2.24) is 3.71 Å². The first-order valence-corrected chi connectivity index (χ1v) is 7.77. The van der Waals surface area contributed by atoms with Crippen LogP contribution in [0.2, 0.25) is 0 Å². The molecule has 0 spiro atoms. The Labute approximate surface area is 127 Å². The first-order chi connectivity index (χ1) is 8.10. The lowest BCUT2D eigenvalue weighted by atomic mass is 10.6. The number of hydrogen-bond acceptors (Lipinski definition) is 7. The van der Waals surface area contributed by atoms with Crippen molar-refractivity contribution >= 4 is 48.4 Å². The lowest BCUT2D eigenvalue weighted by molar-refractivity contribution is 0.483. The van der Waals surface area contributed by atoms with Gasteiger partial charge in [-0.3, -0.25) is 8.26 Å². The van der Waals surface area contributed by atoms with Gasteiger partial charge in [-0.2, -0.15) is 21.0 Å². The quantitative estimate of drug-likeness (QED) is 0.308. The third-order valence-electron chi connectivity index (χ3n) is 0.901. The van der Waals surface area contributed by atoms with Gasteiger partial charge in [0.2, 0.25) is 0 Å². The zero-order chi connectivity index (χ0) is 15.2. The van der Waals surface area contributed by atoms with Crippen molar-refractivity contribution < 1.29 is 13.0 Å². The van der Waals surface area contributed by atoms with Gasteiger partial charge in [0.25, 0.3) is 10.1 Å². The molecular weight excluding hydrogens is 312 g/mol. The van der Waals surface area contributed by atoms with Crippen molar-refractivity contribution in [2.75, 3.05) is 12.3 Å². The van der Waals surface area contributed by atoms with E-state index in [1.807, 2.05) is 13.0 Å². The normalized spacial score (nSPS) is 11.7. The van der Waals surface area contributed by atoms with E-state index >= 15 is 0 Å². The highest BCUT2D eigenvalue weighted by Gasteiger charge is 2.06. The number of thiol groups is 3. The maximum atomic E-state index is 9.95. The van der Waals surface area contributed by atoms with Gasteiger partial charge in [-0.25, -0.2) is 0 Å². The third kappa shape index (κ3) is 44.2. The summed E-state index contributed by atoms with van der Waals surface area (Å²) in [6.45, 7) is 7.43. The number of rotatable bonds is 4. The lowest BCUT2D eigenvalue weighted by Gasteiger charge is -1.96. The van der Waals surface area contributed by atoms with Gasteiger partial charge in [0.05, 0.1) is 5.75 Å². The molecule has 0 aromatic heterocycles. The zero-order valence-corrected chi connectivity index (χ0v) is 14.0. The second-order valence-electron chi connectivity index (χ2n) is 2.92. The molecule has 0 aliphatic rings. The minimum absolute atomic E-state index is 0.282. The Hall–Kier alpha value is 0.200. The Balaban J connectivity index is -0.000000200. The van der Waals surface area contributed by atoms with Crippen LogP contribution in [-0.4, -0.2) is 34.2 Å². The summed E-state index contributed by atoms with van der Waals surface area (Å²) in [5.74, 6) is -0.282. The van der Waals surface area contributed by atoms with Crippen molar-refractivity contribution in [3.05, 3.63) is 24.9 Å². The van der Waals surface area contributed by atoms with E-state index in [0.717, 1.165) is 0 Å². The molecule has 1 unspecified atom stereocenters. The maximum Gasteiger partial charge on any atom is 0.265 e. The molecule has 0 saturated carbocycles. The minimum Gasteiger partial charge on any atom is -0.327 e. The highest BCUT2D eigenvalue weighted by atomic mass is 32.2. The Morgan fingerprint density at radius 2 is 1.89 bits per heavy atom. The molecule has 0 rings (SSSR count). The van der Waals surface area contributed by atoms with Crippen LogP contribution in [0.15, 0.2) is 24.9 Å². The first kappa shape index (κ1) is 23.3. The molecule has 0 bridgehead atoms. The highest BCUT2D eigenvalue weighted by molar-refractivity contribution is 7.93. The van der Waals surface area contributed by atoms with Crippen molar-refractivity contribution in [2.45, 2.75) is 19.1 Å². The van der Waals surface area contributed by atoms with Crippen molar-refractivity contribution in [3.8, 4) is 0 Å². The van der Waals surface area contributed by atoms with E-state index in [0.29, 0.717) is 6.54 Å². The average Bonchev–Trinajstić information content (AvgIpc) is 2.15. The molecule has 0 aliphatic heterocycles. The molecule has 0 heterocycles. The third-order valence-corrected chi connectivity index (χ3v) is 2.52. The van der Waals surface area contributed by atoms with Crippen LogP contribution in [-0.2, 0) is 10.1 Å². The van der Waals surface area contributed by atoms with Crippen LogP contribution in [0.3, 0.4) is 0 Å². The zero-order valence-electron chi connectivity index (χ0n) is 10.5. The van der Waals surface area contributed by atoms with Gasteiger partial charge in [0.15, 0.2) is 0 Å². The molecule has 0 aromatic carbocycles. The van der Waals surface area contributed by atoms with Gasteiger partial charge >= 0.3 is 0 Å². The molecule has 0 aliphatic carbocycles. The smallest absolute Gasteiger partial charge is 0.265 e. The van der Waals surface area contributed by atoms with Gasteiger partial charge in [0, 0.05) is 18.0 Å². The SMILES string of the molecule is C=CCN.CC(S)CS(=O)(=O)O.CC=CN(S)S. The predicted molar refractivity (Wildman–Crippen MR) is 88.7 cm³/mol. The summed E-state index contributed by atoms with van der Waals surface area (Å²) in [7, 11) is -3.80. The van der Waals surface area contributed by atoms with Crippen LogP contribution in [0.25, 0.3) is 0 Å². The van der Waals surface area contributed by atoms with E-state index in [4.69, 9.17) is 10.3 Å². The summed E-state index contributed by atoms with van der Waals surface area (Å²) in [6.07, 6.45) is 5.23. The number of allylic oxidation sites excluding steroid dienone is 1. The average molecular weight is 335 g/mol. The van der Waals surface area contributed by atoms with Crippen molar-refractivity contribution in [2.24, 2.45) is 5.73 Å². The molecule has 18 heavy (non-hydrogen) atoms. The van der Waals surface area contributed by atoms with E-state index in [9.17, 15) is 8.42 Å². The topological polar surface area (TPSA) is 83.6 Å². The molecule has 110 valence electrons. The standard InChI is InChI=1S/C3H7NS2.C3H7N.C3H8O3S2/c1-2-3-4(5)6;1-2-3-4;1-3(7)2-8(4,5)6/h2-3,5-6H,1H3;2H,1,3-4H2;3,7H,2H2,1H3,(H,4,5,6). The number of nitrogens with two attached hydrogens (primary N) is 1. The molecule has 3 N–H and O–H groups in total. The molecule has 0 amide bonds. The summed E-state index contributed by atoms with van der Waals surface area (Å²) in [5, 5.41) is -0.301. The molecule has 0 saturated heterocycles. The monoisotopic (exact) mass is 334 g/mol. The van der Waals surface area contributed by atoms with Gasteiger partial charge in [-0.1, -0.05) is 44.7 Å².